The predicted octanol–water partition coefficient (Wildman–Crippen LogP) is 4.21. The average Bonchev–Trinajstić information content (AvgIpc) is 2.42. The number of hydrogen-bond donors (Lipinski definition) is 0. The van der Waals surface area contributed by atoms with Crippen molar-refractivity contribution in [1.29, 1.82) is 0 Å². The van der Waals surface area contributed by atoms with E-state index in [4.69, 9.17) is 9.47 Å². The zero-order chi connectivity index (χ0) is 17.7. The highest BCUT2D eigenvalue weighted by molar-refractivity contribution is 5.80. The molecule has 2 rings (SSSR count). The fraction of sp³-hybridized carbons (Fsp3) is 0.300. The van der Waals surface area contributed by atoms with Crippen LogP contribution in [-0.4, -0.2) is 11.9 Å². The molecule has 4 nitrogen and oxygen atoms in total. The third kappa shape index (κ3) is 5.54. The van der Waals surface area contributed by atoms with E-state index in [1.807, 2.05) is 39.8 Å². The van der Waals surface area contributed by atoms with Gasteiger partial charge in [0.15, 0.2) is 0 Å². The monoisotopic (exact) mass is 326 g/mol. The summed E-state index contributed by atoms with van der Waals surface area (Å²) in [6.07, 6.45) is -0.0345. The third-order valence-electron chi connectivity index (χ3n) is 3.39. The van der Waals surface area contributed by atoms with Gasteiger partial charge in [0, 0.05) is 0 Å². The lowest BCUT2D eigenvalue weighted by Gasteiger charge is -2.08. The van der Waals surface area contributed by atoms with Gasteiger partial charge in [-0.3, -0.25) is 9.59 Å². The maximum absolute atomic E-state index is 11.9. The summed E-state index contributed by atoms with van der Waals surface area (Å²) in [6.45, 7) is 7.74. The van der Waals surface area contributed by atoms with E-state index in [0.717, 1.165) is 22.3 Å². The van der Waals surface area contributed by atoms with E-state index in [9.17, 15) is 9.59 Å². The van der Waals surface area contributed by atoms with Crippen molar-refractivity contribution in [3.8, 4) is 11.5 Å². The van der Waals surface area contributed by atoms with E-state index in [-0.39, 0.29) is 12.8 Å². The molecule has 0 aliphatic heterocycles. The van der Waals surface area contributed by atoms with Gasteiger partial charge in [-0.2, -0.15) is 0 Å². The first-order valence-corrected chi connectivity index (χ1v) is 7.90. The van der Waals surface area contributed by atoms with Crippen LogP contribution in [0.4, 0.5) is 0 Å². The molecule has 0 N–H and O–H groups in total. The molecule has 0 aliphatic carbocycles. The maximum atomic E-state index is 11.9. The van der Waals surface area contributed by atoms with Crippen LogP contribution in [-0.2, 0) is 9.59 Å². The molecular weight excluding hydrogens is 304 g/mol. The van der Waals surface area contributed by atoms with E-state index in [2.05, 4.69) is 0 Å². The molecular formula is C20H22O4. The smallest absolute Gasteiger partial charge is 0.311 e. The first-order chi connectivity index (χ1) is 11.3. The fourth-order valence-electron chi connectivity index (χ4n) is 2.55. The molecule has 24 heavy (non-hydrogen) atoms. The summed E-state index contributed by atoms with van der Waals surface area (Å²) < 4.78 is 10.5. The number of aryl methyl sites for hydroxylation is 4. The highest BCUT2D eigenvalue weighted by Crippen LogP contribution is 2.18. The Morgan fingerprint density at radius 2 is 0.917 bits per heavy atom. The van der Waals surface area contributed by atoms with Gasteiger partial charge in [-0.1, -0.05) is 12.1 Å². The maximum Gasteiger partial charge on any atom is 0.311 e. The van der Waals surface area contributed by atoms with Gasteiger partial charge < -0.3 is 9.47 Å². The summed E-state index contributed by atoms with van der Waals surface area (Å²) in [6, 6.07) is 11.2. The molecule has 0 radical (unpaired) electrons. The standard InChI is InChI=1S/C20H22O4/c1-13-7-14(2)10-17(9-13)23-19(21)5-6-20(22)24-18-11-15(3)8-16(4)12-18/h7-12H,5-6H2,1-4H3. The van der Waals surface area contributed by atoms with Gasteiger partial charge in [-0.25, -0.2) is 0 Å². The lowest BCUT2D eigenvalue weighted by atomic mass is 10.1. The van der Waals surface area contributed by atoms with Crippen LogP contribution in [0, 0.1) is 27.7 Å². The second-order valence-corrected chi connectivity index (χ2v) is 6.09. The van der Waals surface area contributed by atoms with Crippen LogP contribution in [0.1, 0.15) is 35.1 Å². The van der Waals surface area contributed by atoms with Gasteiger partial charge in [-0.05, 0) is 74.2 Å². The Morgan fingerprint density at radius 3 is 1.21 bits per heavy atom. The van der Waals surface area contributed by atoms with Crippen LogP contribution < -0.4 is 9.47 Å². The quantitative estimate of drug-likeness (QED) is 0.610. The van der Waals surface area contributed by atoms with Crippen molar-refractivity contribution >= 4 is 11.9 Å². The summed E-state index contributed by atoms with van der Waals surface area (Å²) in [5, 5.41) is 0. The van der Waals surface area contributed by atoms with Crippen molar-refractivity contribution < 1.29 is 19.1 Å². The van der Waals surface area contributed by atoms with Crippen molar-refractivity contribution in [2.75, 3.05) is 0 Å². The molecule has 2 aromatic rings. The van der Waals surface area contributed by atoms with Crippen LogP contribution in [0.5, 0.6) is 11.5 Å². The highest BCUT2D eigenvalue weighted by atomic mass is 16.5. The van der Waals surface area contributed by atoms with Gasteiger partial charge in [0.1, 0.15) is 11.5 Å². The Morgan fingerprint density at radius 1 is 0.625 bits per heavy atom. The molecule has 0 fully saturated rings. The molecule has 0 amide bonds. The minimum Gasteiger partial charge on any atom is -0.426 e. The van der Waals surface area contributed by atoms with E-state index in [0.29, 0.717) is 11.5 Å². The van der Waals surface area contributed by atoms with Crippen LogP contribution in [0.3, 0.4) is 0 Å². The van der Waals surface area contributed by atoms with Gasteiger partial charge in [0.05, 0.1) is 12.8 Å². The van der Waals surface area contributed by atoms with E-state index < -0.39 is 11.9 Å². The minimum absolute atomic E-state index is 0.0172. The zero-order valence-corrected chi connectivity index (χ0v) is 14.5. The van der Waals surface area contributed by atoms with Crippen molar-refractivity contribution in [2.24, 2.45) is 0 Å². The summed E-state index contributed by atoms with van der Waals surface area (Å²) in [5.41, 5.74) is 4.08. The topological polar surface area (TPSA) is 52.6 Å². The van der Waals surface area contributed by atoms with Gasteiger partial charge in [-0.15, -0.1) is 0 Å². The molecule has 0 saturated carbocycles. The largest absolute Gasteiger partial charge is 0.426 e. The van der Waals surface area contributed by atoms with Crippen molar-refractivity contribution in [2.45, 2.75) is 40.5 Å². The number of carbonyl (C=O) groups excluding carboxylic acids is 2. The average molecular weight is 326 g/mol. The molecule has 0 saturated heterocycles. The number of rotatable bonds is 5. The Balaban J connectivity index is 1.85. The SMILES string of the molecule is Cc1cc(C)cc(OC(=O)CCC(=O)Oc2cc(C)cc(C)c2)c1. The Kier molecular flexibility index (Phi) is 5.74. The Bertz CT molecular complexity index is 656. The van der Waals surface area contributed by atoms with Gasteiger partial charge >= 0.3 is 11.9 Å². The molecule has 0 heterocycles. The second-order valence-electron chi connectivity index (χ2n) is 6.09. The van der Waals surface area contributed by atoms with E-state index in [1.165, 1.54) is 0 Å². The summed E-state index contributed by atoms with van der Waals surface area (Å²) >= 11 is 0. The van der Waals surface area contributed by atoms with Crippen molar-refractivity contribution in [1.82, 2.24) is 0 Å². The number of benzene rings is 2. The summed E-state index contributed by atoms with van der Waals surface area (Å²) in [5.74, 6) is 0.107. The van der Waals surface area contributed by atoms with Gasteiger partial charge in [0.25, 0.3) is 0 Å². The third-order valence-corrected chi connectivity index (χ3v) is 3.39. The van der Waals surface area contributed by atoms with Crippen LogP contribution >= 0.6 is 0 Å². The molecule has 0 bridgehead atoms. The van der Waals surface area contributed by atoms with Crippen LogP contribution in [0.25, 0.3) is 0 Å². The van der Waals surface area contributed by atoms with Gasteiger partial charge in [0.2, 0.25) is 0 Å². The molecule has 126 valence electrons. The minimum atomic E-state index is -0.447. The normalized spacial score (nSPS) is 10.3. The van der Waals surface area contributed by atoms with Crippen molar-refractivity contribution in [3.05, 3.63) is 58.7 Å². The predicted molar refractivity (Wildman–Crippen MR) is 92.3 cm³/mol. The summed E-state index contributed by atoms with van der Waals surface area (Å²) in [4.78, 5) is 23.7. The molecule has 0 aromatic heterocycles. The molecule has 4 heteroatoms. The molecule has 2 aromatic carbocycles. The fourth-order valence-corrected chi connectivity index (χ4v) is 2.55. The lowest BCUT2D eigenvalue weighted by molar-refractivity contribution is -0.140. The molecule has 0 aliphatic rings. The molecule has 0 spiro atoms. The number of ether oxygens (including phenoxy) is 2. The summed E-state index contributed by atoms with van der Waals surface area (Å²) in [7, 11) is 0. The second kappa shape index (κ2) is 7.77. The molecule has 0 atom stereocenters. The van der Waals surface area contributed by atoms with Crippen molar-refractivity contribution in [3.63, 3.8) is 0 Å². The molecule has 0 unspecified atom stereocenters. The van der Waals surface area contributed by atoms with Crippen LogP contribution in [0.15, 0.2) is 36.4 Å². The van der Waals surface area contributed by atoms with Crippen LogP contribution in [0.2, 0.25) is 0 Å². The zero-order valence-electron chi connectivity index (χ0n) is 14.5. The van der Waals surface area contributed by atoms with E-state index in [1.54, 1.807) is 24.3 Å². The first kappa shape index (κ1) is 17.7. The number of hydrogen-bond acceptors (Lipinski definition) is 4. The lowest BCUT2D eigenvalue weighted by Crippen LogP contribution is -2.14. The van der Waals surface area contributed by atoms with E-state index >= 15 is 0 Å². The Labute approximate surface area is 142 Å². The highest BCUT2D eigenvalue weighted by Gasteiger charge is 2.12. The Hall–Kier alpha value is -2.62. The number of carbonyl (C=O) groups is 2. The number of esters is 2. The first-order valence-electron chi connectivity index (χ1n) is 7.90.